The molecule has 0 spiro atoms. The van der Waals surface area contributed by atoms with Crippen LogP contribution in [0.4, 0.5) is 0 Å². The first-order valence-electron chi connectivity index (χ1n) is 5.94. The molecule has 2 heterocycles. The van der Waals surface area contributed by atoms with E-state index in [4.69, 9.17) is 4.42 Å². The Balaban J connectivity index is 1.94. The number of thiophene rings is 1. The molecule has 0 radical (unpaired) electrons. The molecule has 0 saturated heterocycles. The Bertz CT molecular complexity index is 605. The van der Waals surface area contributed by atoms with E-state index in [-0.39, 0.29) is 18.2 Å². The Morgan fingerprint density at radius 1 is 1.42 bits per heavy atom. The highest BCUT2D eigenvalue weighted by atomic mass is 32.2. The maximum atomic E-state index is 11.6. The second-order valence-electron chi connectivity index (χ2n) is 3.97. The third-order valence-electron chi connectivity index (χ3n) is 2.41. The van der Waals surface area contributed by atoms with E-state index in [0.29, 0.717) is 12.3 Å². The van der Waals surface area contributed by atoms with Crippen LogP contribution in [-0.2, 0) is 16.6 Å². The maximum absolute atomic E-state index is 11.6. The molecule has 2 aromatic heterocycles. The minimum absolute atomic E-state index is 0.0322. The molecule has 1 N–H and O–H groups in total. The predicted molar refractivity (Wildman–Crippen MR) is 73.1 cm³/mol. The van der Waals surface area contributed by atoms with Gasteiger partial charge >= 0.3 is 0 Å². The number of unbranched alkanes of at least 4 members (excludes halogenated alkanes) is 1. The molecule has 0 unspecified atom stereocenters. The molecule has 0 saturated carbocycles. The van der Waals surface area contributed by atoms with Crippen LogP contribution in [0.1, 0.15) is 25.7 Å². The highest BCUT2D eigenvalue weighted by Crippen LogP contribution is 2.22. The lowest BCUT2D eigenvalue weighted by Gasteiger charge is -2.02. The summed E-state index contributed by atoms with van der Waals surface area (Å²) in [6, 6.07) is 3.75. The van der Waals surface area contributed by atoms with Crippen molar-refractivity contribution in [2.75, 3.05) is 5.75 Å². The fraction of sp³-hybridized carbons (Fsp3) is 0.455. The first-order chi connectivity index (χ1) is 9.11. The van der Waals surface area contributed by atoms with E-state index in [2.05, 4.69) is 14.9 Å². The average Bonchev–Trinajstić information content (AvgIpc) is 3.04. The van der Waals surface area contributed by atoms with Crippen LogP contribution in [0.15, 0.2) is 21.9 Å². The zero-order valence-electron chi connectivity index (χ0n) is 10.5. The third-order valence-corrected chi connectivity index (χ3v) is 4.68. The molecule has 0 amide bonds. The van der Waals surface area contributed by atoms with Crippen LogP contribution >= 0.6 is 11.3 Å². The molecule has 0 aromatic carbocycles. The topological polar surface area (TPSA) is 85.1 Å². The predicted octanol–water partition coefficient (Wildman–Crippen LogP) is 2.02. The maximum Gasteiger partial charge on any atom is 0.257 e. The molecule has 8 heteroatoms. The van der Waals surface area contributed by atoms with Gasteiger partial charge in [0.05, 0.1) is 17.2 Å². The van der Waals surface area contributed by atoms with Crippen LogP contribution in [0.3, 0.4) is 0 Å². The third kappa shape index (κ3) is 4.12. The standard InChI is InChI=1S/C11H15N3O3S2/c1-2-3-7-19(15,16)12-8-10-13-14-11(17-10)9-5-4-6-18-9/h4-6,12H,2-3,7-8H2,1H3. The molecule has 0 aliphatic rings. The van der Waals surface area contributed by atoms with E-state index in [1.165, 1.54) is 11.3 Å². The van der Waals surface area contributed by atoms with Crippen molar-refractivity contribution >= 4 is 21.4 Å². The van der Waals surface area contributed by atoms with Crippen LogP contribution in [0.25, 0.3) is 10.8 Å². The number of nitrogens with one attached hydrogen (secondary N) is 1. The Hall–Kier alpha value is -1.25. The normalized spacial score (nSPS) is 11.8. The van der Waals surface area contributed by atoms with Crippen molar-refractivity contribution in [3.8, 4) is 10.8 Å². The van der Waals surface area contributed by atoms with Crippen LogP contribution < -0.4 is 4.72 Å². The SMILES string of the molecule is CCCCS(=O)(=O)NCc1nnc(-c2cccs2)o1. The number of sulfonamides is 1. The van der Waals surface area contributed by atoms with Crippen molar-refractivity contribution < 1.29 is 12.8 Å². The molecule has 104 valence electrons. The summed E-state index contributed by atoms with van der Waals surface area (Å²) in [5.41, 5.74) is 0. The van der Waals surface area contributed by atoms with Crippen molar-refractivity contribution in [3.05, 3.63) is 23.4 Å². The van der Waals surface area contributed by atoms with Gasteiger partial charge in [0.25, 0.3) is 5.89 Å². The summed E-state index contributed by atoms with van der Waals surface area (Å²) in [6.45, 7) is 1.98. The Kier molecular flexibility index (Phi) is 4.67. The fourth-order valence-corrected chi connectivity index (χ4v) is 3.20. The Morgan fingerprint density at radius 3 is 2.95 bits per heavy atom. The van der Waals surface area contributed by atoms with Gasteiger partial charge in [-0.25, -0.2) is 13.1 Å². The zero-order valence-corrected chi connectivity index (χ0v) is 12.1. The first kappa shape index (κ1) is 14.2. The van der Waals surface area contributed by atoms with Gasteiger partial charge in [0.2, 0.25) is 15.9 Å². The van der Waals surface area contributed by atoms with Crippen molar-refractivity contribution in [2.45, 2.75) is 26.3 Å². The average molecular weight is 301 g/mol. The molecule has 19 heavy (non-hydrogen) atoms. The van der Waals surface area contributed by atoms with E-state index < -0.39 is 10.0 Å². The zero-order chi connectivity index (χ0) is 13.7. The number of nitrogens with zero attached hydrogens (tertiary/aromatic N) is 2. The fourth-order valence-electron chi connectivity index (χ4n) is 1.40. The smallest absolute Gasteiger partial charge is 0.257 e. The van der Waals surface area contributed by atoms with Gasteiger partial charge in [-0.2, -0.15) is 0 Å². The van der Waals surface area contributed by atoms with Crippen LogP contribution in [-0.4, -0.2) is 24.4 Å². The summed E-state index contributed by atoms with van der Waals surface area (Å²) < 4.78 is 31.0. The van der Waals surface area contributed by atoms with Crippen molar-refractivity contribution in [1.29, 1.82) is 0 Å². The Labute approximate surface area is 115 Å². The number of hydrogen-bond acceptors (Lipinski definition) is 6. The summed E-state index contributed by atoms with van der Waals surface area (Å²) in [7, 11) is -3.26. The van der Waals surface area contributed by atoms with E-state index in [1.807, 2.05) is 24.4 Å². The summed E-state index contributed by atoms with van der Waals surface area (Å²) in [4.78, 5) is 0.868. The van der Waals surface area contributed by atoms with Gasteiger partial charge in [-0.1, -0.05) is 19.4 Å². The largest absolute Gasteiger partial charge is 0.418 e. The van der Waals surface area contributed by atoms with E-state index in [1.54, 1.807) is 0 Å². The highest BCUT2D eigenvalue weighted by molar-refractivity contribution is 7.89. The van der Waals surface area contributed by atoms with Gasteiger partial charge in [0.1, 0.15) is 0 Å². The second kappa shape index (κ2) is 6.27. The van der Waals surface area contributed by atoms with Gasteiger partial charge < -0.3 is 4.42 Å². The number of hydrogen-bond donors (Lipinski definition) is 1. The minimum atomic E-state index is -3.26. The molecule has 0 bridgehead atoms. The summed E-state index contributed by atoms with van der Waals surface area (Å²) in [6.07, 6.45) is 1.48. The molecule has 6 nitrogen and oxygen atoms in total. The quantitative estimate of drug-likeness (QED) is 0.845. The van der Waals surface area contributed by atoms with E-state index >= 15 is 0 Å². The lowest BCUT2D eigenvalue weighted by Crippen LogP contribution is -2.26. The lowest BCUT2D eigenvalue weighted by molar-refractivity contribution is 0.494. The molecule has 2 rings (SSSR count). The summed E-state index contributed by atoms with van der Waals surface area (Å²) in [5.74, 6) is 0.802. The van der Waals surface area contributed by atoms with Gasteiger partial charge in [-0.15, -0.1) is 21.5 Å². The van der Waals surface area contributed by atoms with E-state index in [9.17, 15) is 8.42 Å². The Morgan fingerprint density at radius 2 is 2.26 bits per heavy atom. The minimum Gasteiger partial charge on any atom is -0.418 e. The molecule has 0 aliphatic heterocycles. The molecule has 0 atom stereocenters. The second-order valence-corrected chi connectivity index (χ2v) is 6.85. The van der Waals surface area contributed by atoms with Crippen molar-refractivity contribution in [3.63, 3.8) is 0 Å². The molecular formula is C11H15N3O3S2. The molecule has 2 aromatic rings. The van der Waals surface area contributed by atoms with Gasteiger partial charge in [0, 0.05) is 0 Å². The van der Waals surface area contributed by atoms with E-state index in [0.717, 1.165) is 11.3 Å². The van der Waals surface area contributed by atoms with Gasteiger partial charge in [0.15, 0.2) is 0 Å². The molecule has 0 aliphatic carbocycles. The van der Waals surface area contributed by atoms with Gasteiger partial charge in [-0.3, -0.25) is 0 Å². The van der Waals surface area contributed by atoms with Crippen molar-refractivity contribution in [1.82, 2.24) is 14.9 Å². The molecule has 0 fully saturated rings. The van der Waals surface area contributed by atoms with Crippen LogP contribution in [0.2, 0.25) is 0 Å². The first-order valence-corrected chi connectivity index (χ1v) is 8.47. The van der Waals surface area contributed by atoms with Crippen molar-refractivity contribution in [2.24, 2.45) is 0 Å². The summed E-state index contributed by atoms with van der Waals surface area (Å²) >= 11 is 1.49. The molecular weight excluding hydrogens is 286 g/mol. The monoisotopic (exact) mass is 301 g/mol. The summed E-state index contributed by atoms with van der Waals surface area (Å²) in [5, 5.41) is 9.61. The number of rotatable bonds is 7. The van der Waals surface area contributed by atoms with Gasteiger partial charge in [-0.05, 0) is 17.9 Å². The van der Waals surface area contributed by atoms with Crippen LogP contribution in [0, 0.1) is 0 Å². The lowest BCUT2D eigenvalue weighted by atomic mass is 10.4. The highest BCUT2D eigenvalue weighted by Gasteiger charge is 2.13. The van der Waals surface area contributed by atoms with Crippen LogP contribution in [0.5, 0.6) is 0 Å². The number of aromatic nitrogens is 2.